The standard InChI is InChI=1S/C12H7N3O7S/c16-11-6-7(4-5-8(11)13(17)18)23-12-9(14(19)20)2-1-3-10(12)15(21)22/h1-6,16H. The molecule has 2 aromatic rings. The Kier molecular flexibility index (Phi) is 4.41. The number of rotatable bonds is 5. The zero-order valence-corrected chi connectivity index (χ0v) is 11.9. The fourth-order valence-corrected chi connectivity index (χ4v) is 2.78. The van der Waals surface area contributed by atoms with Gasteiger partial charge in [-0.3, -0.25) is 30.3 Å². The van der Waals surface area contributed by atoms with Crippen LogP contribution in [0.3, 0.4) is 0 Å². The van der Waals surface area contributed by atoms with Gasteiger partial charge in [0.05, 0.1) is 14.8 Å². The quantitative estimate of drug-likeness (QED) is 0.645. The van der Waals surface area contributed by atoms with Crippen molar-refractivity contribution in [3.05, 3.63) is 66.7 Å². The van der Waals surface area contributed by atoms with Crippen LogP contribution in [0, 0.1) is 30.3 Å². The minimum atomic E-state index is -0.794. The molecule has 0 radical (unpaired) electrons. The van der Waals surface area contributed by atoms with Crippen LogP contribution in [0.15, 0.2) is 46.2 Å². The van der Waals surface area contributed by atoms with E-state index >= 15 is 0 Å². The topological polar surface area (TPSA) is 150 Å². The molecule has 2 rings (SSSR count). The van der Waals surface area contributed by atoms with E-state index in [1.807, 2.05) is 0 Å². The second kappa shape index (κ2) is 6.27. The molecule has 1 N–H and O–H groups in total. The van der Waals surface area contributed by atoms with Crippen LogP contribution >= 0.6 is 11.8 Å². The average molecular weight is 337 g/mol. The number of phenols is 1. The first-order chi connectivity index (χ1) is 10.8. The normalized spacial score (nSPS) is 10.3. The molecule has 0 aliphatic carbocycles. The van der Waals surface area contributed by atoms with Crippen molar-refractivity contribution in [2.75, 3.05) is 0 Å². The highest BCUT2D eigenvalue weighted by Crippen LogP contribution is 2.42. The van der Waals surface area contributed by atoms with E-state index in [9.17, 15) is 35.4 Å². The van der Waals surface area contributed by atoms with Crippen molar-refractivity contribution in [1.29, 1.82) is 0 Å². The van der Waals surface area contributed by atoms with E-state index in [0.29, 0.717) is 11.8 Å². The van der Waals surface area contributed by atoms with E-state index < -0.39 is 37.6 Å². The van der Waals surface area contributed by atoms with Gasteiger partial charge in [-0.2, -0.15) is 0 Å². The van der Waals surface area contributed by atoms with Gasteiger partial charge in [-0.05, 0) is 12.1 Å². The van der Waals surface area contributed by atoms with Gasteiger partial charge in [0, 0.05) is 29.2 Å². The fourth-order valence-electron chi connectivity index (χ4n) is 1.74. The van der Waals surface area contributed by atoms with Crippen LogP contribution in [-0.2, 0) is 0 Å². The first-order valence-electron chi connectivity index (χ1n) is 5.88. The van der Waals surface area contributed by atoms with Gasteiger partial charge in [-0.25, -0.2) is 0 Å². The van der Waals surface area contributed by atoms with E-state index in [1.54, 1.807) is 0 Å². The molecular weight excluding hydrogens is 330 g/mol. The second-order valence-corrected chi connectivity index (χ2v) is 5.23. The summed E-state index contributed by atoms with van der Waals surface area (Å²) in [6, 6.07) is 6.68. The summed E-state index contributed by atoms with van der Waals surface area (Å²) in [6.07, 6.45) is 0. The number of nitrogens with zero attached hydrogens (tertiary/aromatic N) is 3. The number of phenolic OH excluding ortho intramolecular Hbond substituents is 1. The Hall–Kier alpha value is -3.21. The predicted molar refractivity (Wildman–Crippen MR) is 78.6 cm³/mol. The summed E-state index contributed by atoms with van der Waals surface area (Å²) in [7, 11) is 0. The van der Waals surface area contributed by atoms with Crippen LogP contribution < -0.4 is 0 Å². The molecule has 2 aromatic carbocycles. The molecule has 118 valence electrons. The molecule has 0 atom stereocenters. The van der Waals surface area contributed by atoms with Crippen LogP contribution in [0.4, 0.5) is 17.1 Å². The lowest BCUT2D eigenvalue weighted by atomic mass is 10.3. The van der Waals surface area contributed by atoms with E-state index in [-0.39, 0.29) is 9.79 Å². The van der Waals surface area contributed by atoms with Gasteiger partial charge in [-0.1, -0.05) is 11.8 Å². The highest BCUT2D eigenvalue weighted by molar-refractivity contribution is 7.99. The maximum atomic E-state index is 11.0. The Labute approximate surface area is 131 Å². The number of aromatic hydroxyl groups is 1. The molecule has 10 nitrogen and oxygen atoms in total. The van der Waals surface area contributed by atoms with E-state index in [1.165, 1.54) is 12.1 Å². The Bertz CT molecular complexity index is 792. The van der Waals surface area contributed by atoms with Crippen LogP contribution in [0.25, 0.3) is 0 Å². The minimum absolute atomic E-state index is 0.186. The number of hydrogen-bond donors (Lipinski definition) is 1. The summed E-state index contributed by atoms with van der Waals surface area (Å²) in [5, 5.41) is 42.3. The summed E-state index contributed by atoms with van der Waals surface area (Å²) in [5.74, 6) is -0.638. The molecule has 0 amide bonds. The first-order valence-corrected chi connectivity index (χ1v) is 6.70. The second-order valence-electron chi connectivity index (χ2n) is 4.15. The van der Waals surface area contributed by atoms with E-state index in [2.05, 4.69) is 0 Å². The van der Waals surface area contributed by atoms with Crippen LogP contribution in [0.5, 0.6) is 5.75 Å². The monoisotopic (exact) mass is 337 g/mol. The molecule has 0 aromatic heterocycles. The lowest BCUT2D eigenvalue weighted by Crippen LogP contribution is -1.96. The zero-order chi connectivity index (χ0) is 17.1. The van der Waals surface area contributed by atoms with Crippen molar-refractivity contribution >= 4 is 28.8 Å². The average Bonchev–Trinajstić information content (AvgIpc) is 2.46. The van der Waals surface area contributed by atoms with Gasteiger partial charge in [0.2, 0.25) is 0 Å². The third-order valence-electron chi connectivity index (χ3n) is 2.73. The van der Waals surface area contributed by atoms with Crippen molar-refractivity contribution in [3.8, 4) is 5.75 Å². The van der Waals surface area contributed by atoms with Crippen molar-refractivity contribution in [2.45, 2.75) is 9.79 Å². The molecule has 0 spiro atoms. The molecule has 11 heteroatoms. The lowest BCUT2D eigenvalue weighted by Gasteiger charge is -2.05. The van der Waals surface area contributed by atoms with E-state index in [0.717, 1.165) is 24.3 Å². The molecule has 0 fully saturated rings. The fraction of sp³-hybridized carbons (Fsp3) is 0. The summed E-state index contributed by atoms with van der Waals surface area (Å²) >= 11 is 0.666. The number of benzene rings is 2. The van der Waals surface area contributed by atoms with Crippen molar-refractivity contribution in [1.82, 2.24) is 0 Å². The summed E-state index contributed by atoms with van der Waals surface area (Å²) in [5.41, 5.74) is -1.48. The highest BCUT2D eigenvalue weighted by atomic mass is 32.2. The Morgan fingerprint density at radius 3 is 1.78 bits per heavy atom. The molecule has 0 unspecified atom stereocenters. The third kappa shape index (κ3) is 3.35. The van der Waals surface area contributed by atoms with Crippen LogP contribution in [-0.4, -0.2) is 19.9 Å². The van der Waals surface area contributed by atoms with Gasteiger partial charge >= 0.3 is 5.69 Å². The van der Waals surface area contributed by atoms with Gasteiger partial charge in [0.1, 0.15) is 0 Å². The highest BCUT2D eigenvalue weighted by Gasteiger charge is 2.26. The molecular formula is C12H7N3O7S. The minimum Gasteiger partial charge on any atom is -0.502 e. The SMILES string of the molecule is O=[N+]([O-])c1ccc(Sc2c([N+](=O)[O-])cccc2[N+](=O)[O-])cc1O. The maximum absolute atomic E-state index is 11.0. The van der Waals surface area contributed by atoms with Crippen molar-refractivity contribution in [2.24, 2.45) is 0 Å². The van der Waals surface area contributed by atoms with Gasteiger partial charge in [0.25, 0.3) is 11.4 Å². The predicted octanol–water partition coefficient (Wildman–Crippen LogP) is 3.27. The zero-order valence-electron chi connectivity index (χ0n) is 11.1. The maximum Gasteiger partial charge on any atom is 0.310 e. The molecule has 0 saturated heterocycles. The van der Waals surface area contributed by atoms with E-state index in [4.69, 9.17) is 0 Å². The molecule has 0 bridgehead atoms. The Balaban J connectivity index is 2.51. The molecule has 0 aliphatic heterocycles. The Morgan fingerprint density at radius 1 is 0.826 bits per heavy atom. The van der Waals surface area contributed by atoms with Gasteiger partial charge in [-0.15, -0.1) is 0 Å². The van der Waals surface area contributed by atoms with Crippen molar-refractivity contribution in [3.63, 3.8) is 0 Å². The van der Waals surface area contributed by atoms with Crippen molar-refractivity contribution < 1.29 is 19.9 Å². The lowest BCUT2D eigenvalue weighted by molar-refractivity contribution is -0.399. The number of hydrogen-bond acceptors (Lipinski definition) is 8. The summed E-state index contributed by atoms with van der Waals surface area (Å²) in [6.45, 7) is 0. The largest absolute Gasteiger partial charge is 0.502 e. The van der Waals surface area contributed by atoms with Gasteiger partial charge in [0.15, 0.2) is 10.6 Å². The number of nitro groups is 3. The molecule has 0 aliphatic rings. The number of nitro benzene ring substituents is 3. The van der Waals surface area contributed by atoms with Crippen LogP contribution in [0.1, 0.15) is 0 Å². The molecule has 0 heterocycles. The molecule has 0 saturated carbocycles. The summed E-state index contributed by atoms with van der Waals surface area (Å²) < 4.78 is 0. The summed E-state index contributed by atoms with van der Waals surface area (Å²) in [4.78, 5) is 30.3. The smallest absolute Gasteiger partial charge is 0.310 e. The first kappa shape index (κ1) is 16.2. The van der Waals surface area contributed by atoms with Gasteiger partial charge < -0.3 is 5.11 Å². The Morgan fingerprint density at radius 2 is 1.35 bits per heavy atom. The molecule has 23 heavy (non-hydrogen) atoms. The van der Waals surface area contributed by atoms with Crippen LogP contribution in [0.2, 0.25) is 0 Å². The third-order valence-corrected chi connectivity index (χ3v) is 3.84.